The summed E-state index contributed by atoms with van der Waals surface area (Å²) in [5.41, 5.74) is 12.6. The molecule has 0 N–H and O–H groups in total. The third-order valence-corrected chi connectivity index (χ3v) is 14.5. The Balaban J connectivity index is 1.30. The lowest BCUT2D eigenvalue weighted by Gasteiger charge is -2.45. The van der Waals surface area contributed by atoms with Gasteiger partial charge in [-0.1, -0.05) is 72.8 Å². The molecular weight excluding hydrogens is 692 g/mol. The minimum atomic E-state index is -3.46. The molecule has 55 heavy (non-hydrogen) atoms. The van der Waals surface area contributed by atoms with E-state index in [1.165, 1.54) is 11.3 Å². The highest BCUT2D eigenvalue weighted by Crippen LogP contribution is 2.62. The number of hydrogen-bond donors (Lipinski definition) is 0. The summed E-state index contributed by atoms with van der Waals surface area (Å²) in [5.74, 6) is 0. The lowest BCUT2D eigenvalue weighted by Crippen LogP contribution is -2.43. The zero-order chi connectivity index (χ0) is 37.5. The number of nitrogens with zero attached hydrogens (tertiary/aromatic N) is 4. The summed E-state index contributed by atoms with van der Waals surface area (Å²) in [4.78, 5) is 9.51. The van der Waals surface area contributed by atoms with E-state index >= 15 is 4.57 Å². The van der Waals surface area contributed by atoms with Gasteiger partial charge in [-0.15, -0.1) is 0 Å². The van der Waals surface area contributed by atoms with Crippen LogP contribution in [0.3, 0.4) is 0 Å². The van der Waals surface area contributed by atoms with Crippen molar-refractivity contribution in [1.82, 2.24) is 0 Å². The molecule has 3 heterocycles. The smallest absolute Gasteiger partial charge is 0.179 e. The highest BCUT2D eigenvalue weighted by Gasteiger charge is 2.50. The normalized spacial score (nSPS) is 16.6. The van der Waals surface area contributed by atoms with Crippen LogP contribution in [0.4, 0.5) is 56.9 Å². The number of benzene rings is 7. The van der Waals surface area contributed by atoms with Crippen LogP contribution in [-0.4, -0.2) is 12.1 Å². The maximum Gasteiger partial charge on any atom is 0.179 e. The van der Waals surface area contributed by atoms with Gasteiger partial charge in [0, 0.05) is 56.8 Å². The Labute approximate surface area is 324 Å². The molecular formula is C49H43N4OP. The molecule has 7 aromatic rings. The van der Waals surface area contributed by atoms with Crippen LogP contribution in [0.1, 0.15) is 31.9 Å². The van der Waals surface area contributed by atoms with Gasteiger partial charge in [-0.3, -0.25) is 0 Å². The predicted molar refractivity (Wildman–Crippen MR) is 233 cm³/mol. The molecule has 270 valence electrons. The van der Waals surface area contributed by atoms with Crippen molar-refractivity contribution < 1.29 is 4.57 Å². The van der Waals surface area contributed by atoms with Crippen LogP contribution < -0.4 is 35.5 Å². The molecule has 10 rings (SSSR count). The van der Waals surface area contributed by atoms with Crippen molar-refractivity contribution >= 4 is 79.9 Å². The summed E-state index contributed by atoms with van der Waals surface area (Å²) in [6.07, 6.45) is 0.921. The molecule has 0 aliphatic carbocycles. The number of hydrogen-bond acceptors (Lipinski definition) is 5. The highest BCUT2D eigenvalue weighted by atomic mass is 31.2. The Morgan fingerprint density at radius 3 is 1.56 bits per heavy atom. The average Bonchev–Trinajstić information content (AvgIpc) is 3.63. The number of anilines is 10. The molecule has 3 aliphatic heterocycles. The molecule has 0 fully saturated rings. The third-order valence-electron chi connectivity index (χ3n) is 11.3. The predicted octanol–water partition coefficient (Wildman–Crippen LogP) is 11.8. The molecule has 0 aromatic heterocycles. The Kier molecular flexibility index (Phi) is 7.63. The summed E-state index contributed by atoms with van der Waals surface area (Å²) < 4.78 is 17.0. The van der Waals surface area contributed by atoms with Gasteiger partial charge in [-0.2, -0.15) is 0 Å². The molecule has 5 nitrogen and oxygen atoms in total. The van der Waals surface area contributed by atoms with Gasteiger partial charge in [0.2, 0.25) is 0 Å². The molecule has 0 spiro atoms. The molecule has 0 bridgehead atoms. The lowest BCUT2D eigenvalue weighted by atomic mass is 10.0. The van der Waals surface area contributed by atoms with E-state index in [0.717, 1.165) is 85.6 Å². The molecule has 1 atom stereocenters. The van der Waals surface area contributed by atoms with Gasteiger partial charge in [0.25, 0.3) is 0 Å². The first-order chi connectivity index (χ1) is 26.7. The zero-order valence-electron chi connectivity index (χ0n) is 31.6. The summed E-state index contributed by atoms with van der Waals surface area (Å²) >= 11 is 0. The fourth-order valence-electron chi connectivity index (χ4n) is 8.98. The second-order valence-corrected chi connectivity index (χ2v) is 18.5. The standard InChI is InChI=1S/C49H43N4OP/c1-34-29-44-48-45(30-34)53(39-23-15-8-16-24-39)43-33-41-35(27-28-50(41)49(2,3)4)31-47(43)55(48,54)46-26-25-40(32-42(46)52(44)38-21-13-7-14-22-38)51(36-17-9-5-10-18-36)37-19-11-6-12-20-37/h5-26,29-33H,27-28H2,1-4H3. The Morgan fingerprint density at radius 2 is 1.04 bits per heavy atom. The monoisotopic (exact) mass is 734 g/mol. The fourth-order valence-corrected chi connectivity index (χ4v) is 12.3. The maximum atomic E-state index is 17.0. The van der Waals surface area contributed by atoms with Crippen LogP contribution >= 0.6 is 7.14 Å². The molecule has 3 aliphatic rings. The number of rotatable bonds is 5. The molecule has 6 heteroatoms. The average molecular weight is 735 g/mol. The van der Waals surface area contributed by atoms with Crippen molar-refractivity contribution in [3.05, 3.63) is 175 Å². The van der Waals surface area contributed by atoms with Gasteiger partial charge in [0.05, 0.1) is 28.1 Å². The van der Waals surface area contributed by atoms with E-state index in [-0.39, 0.29) is 5.54 Å². The molecule has 7 aromatic carbocycles. The first-order valence-electron chi connectivity index (χ1n) is 19.2. The number of fused-ring (bicyclic) bond motifs is 5. The van der Waals surface area contributed by atoms with Gasteiger partial charge in [-0.25, -0.2) is 0 Å². The van der Waals surface area contributed by atoms with E-state index in [4.69, 9.17) is 0 Å². The number of aryl methyl sites for hydroxylation is 1. The summed E-state index contributed by atoms with van der Waals surface area (Å²) in [6, 6.07) is 57.8. The van der Waals surface area contributed by atoms with E-state index in [1.807, 2.05) is 0 Å². The van der Waals surface area contributed by atoms with Gasteiger partial charge in [0.1, 0.15) is 0 Å². The van der Waals surface area contributed by atoms with Crippen LogP contribution in [0.15, 0.2) is 164 Å². The SMILES string of the molecule is Cc1cc2c3c(c1)N(c1ccccc1)c1cc4c(cc1P3(=O)c1ccc(N(c3ccccc3)c3ccccc3)cc1N2c1ccccc1)CCN4C(C)(C)C. The summed E-state index contributed by atoms with van der Waals surface area (Å²) in [5, 5.41) is 2.67. The second-order valence-electron chi connectivity index (χ2n) is 15.8. The maximum absolute atomic E-state index is 17.0. The van der Waals surface area contributed by atoms with E-state index < -0.39 is 7.14 Å². The van der Waals surface area contributed by atoms with Crippen molar-refractivity contribution in [2.45, 2.75) is 39.7 Å². The molecule has 1 unspecified atom stereocenters. The Morgan fingerprint density at radius 1 is 0.527 bits per heavy atom. The molecule has 0 amide bonds. The first kappa shape index (κ1) is 33.5. The van der Waals surface area contributed by atoms with E-state index in [2.05, 4.69) is 211 Å². The minimum Gasteiger partial charge on any atom is -0.366 e. The van der Waals surface area contributed by atoms with Crippen LogP contribution in [0, 0.1) is 6.92 Å². The van der Waals surface area contributed by atoms with Gasteiger partial charge in [-0.05, 0) is 136 Å². The largest absolute Gasteiger partial charge is 0.366 e. The third kappa shape index (κ3) is 5.17. The van der Waals surface area contributed by atoms with E-state index in [9.17, 15) is 0 Å². The van der Waals surface area contributed by atoms with Gasteiger partial charge < -0.3 is 24.2 Å². The van der Waals surface area contributed by atoms with Crippen molar-refractivity contribution in [2.24, 2.45) is 0 Å². The lowest BCUT2D eigenvalue weighted by molar-refractivity contribution is 0.518. The van der Waals surface area contributed by atoms with E-state index in [1.54, 1.807) is 0 Å². The summed E-state index contributed by atoms with van der Waals surface area (Å²) in [7, 11) is -3.46. The molecule has 0 saturated carbocycles. The summed E-state index contributed by atoms with van der Waals surface area (Å²) in [6.45, 7) is 9.94. The van der Waals surface area contributed by atoms with Crippen molar-refractivity contribution in [3.8, 4) is 0 Å². The minimum absolute atomic E-state index is 0.0505. The van der Waals surface area contributed by atoms with Crippen molar-refractivity contribution in [3.63, 3.8) is 0 Å². The van der Waals surface area contributed by atoms with Gasteiger partial charge in [0.15, 0.2) is 7.14 Å². The van der Waals surface area contributed by atoms with Crippen LogP contribution in [0.25, 0.3) is 0 Å². The molecule has 0 saturated heterocycles. The fraction of sp³-hybridized carbons (Fsp3) is 0.143. The Hall–Kier alpha value is -6.03. The Bertz CT molecular complexity index is 2600. The highest BCUT2D eigenvalue weighted by molar-refractivity contribution is 7.86. The van der Waals surface area contributed by atoms with Gasteiger partial charge >= 0.3 is 0 Å². The van der Waals surface area contributed by atoms with Crippen LogP contribution in [0.5, 0.6) is 0 Å². The zero-order valence-corrected chi connectivity index (χ0v) is 32.5. The van der Waals surface area contributed by atoms with Crippen molar-refractivity contribution in [1.29, 1.82) is 0 Å². The molecule has 0 radical (unpaired) electrons. The topological polar surface area (TPSA) is 30.0 Å². The first-order valence-corrected chi connectivity index (χ1v) is 20.9. The quantitative estimate of drug-likeness (QED) is 0.164. The second kappa shape index (κ2) is 12.5. The van der Waals surface area contributed by atoms with Crippen LogP contribution in [0.2, 0.25) is 0 Å². The number of para-hydroxylation sites is 4. The van der Waals surface area contributed by atoms with Crippen LogP contribution in [-0.2, 0) is 11.0 Å². The van der Waals surface area contributed by atoms with Crippen molar-refractivity contribution in [2.75, 3.05) is 26.1 Å². The van der Waals surface area contributed by atoms with E-state index in [0.29, 0.717) is 0 Å².